The average Bonchev–Trinajstić information content (AvgIpc) is 2.68. The Morgan fingerprint density at radius 3 is 2.37 bits per heavy atom. The number of aliphatic hydroxyl groups excluding tert-OH is 1. The van der Waals surface area contributed by atoms with Gasteiger partial charge in [0.2, 0.25) is 5.91 Å². The van der Waals surface area contributed by atoms with E-state index in [1.54, 1.807) is 0 Å². The molecule has 1 aromatic carbocycles. The van der Waals surface area contributed by atoms with Gasteiger partial charge in [0.25, 0.3) is 0 Å². The lowest BCUT2D eigenvalue weighted by Gasteiger charge is -2.50. The van der Waals surface area contributed by atoms with Gasteiger partial charge in [0, 0.05) is 25.6 Å². The molecule has 1 amide bonds. The molecule has 1 saturated carbocycles. The van der Waals surface area contributed by atoms with Gasteiger partial charge in [0.05, 0.1) is 6.10 Å². The van der Waals surface area contributed by atoms with Crippen LogP contribution in [0.3, 0.4) is 0 Å². The Hall–Kier alpha value is -1.46. The molecule has 1 aliphatic carbocycles. The molecule has 1 N–H and O–H groups in total. The predicted octanol–water partition coefficient (Wildman–Crippen LogP) is 3.33. The largest absolute Gasteiger partial charge is 0.393 e. The van der Waals surface area contributed by atoms with Gasteiger partial charge in [-0.25, -0.2) is 4.39 Å². The van der Waals surface area contributed by atoms with Crippen molar-refractivity contribution in [1.29, 1.82) is 0 Å². The summed E-state index contributed by atoms with van der Waals surface area (Å²) in [5.74, 6) is 0.134. The van der Waals surface area contributed by atoms with Crippen molar-refractivity contribution in [2.75, 3.05) is 19.6 Å². The summed E-state index contributed by atoms with van der Waals surface area (Å²) in [6, 6.07) is 7.14. The number of aliphatic hydroxyl groups is 1. The number of rotatable bonds is 3. The number of nitrogens with zero attached hydrogens (tertiary/aromatic N) is 2. The first-order chi connectivity index (χ1) is 13.0. The van der Waals surface area contributed by atoms with E-state index in [0.717, 1.165) is 76.7 Å². The van der Waals surface area contributed by atoms with Crippen molar-refractivity contribution in [3.05, 3.63) is 35.6 Å². The molecule has 2 heterocycles. The van der Waals surface area contributed by atoms with Crippen LogP contribution in [0, 0.1) is 11.2 Å². The molecule has 3 fully saturated rings. The van der Waals surface area contributed by atoms with E-state index < -0.39 is 0 Å². The van der Waals surface area contributed by atoms with Crippen molar-refractivity contribution in [3.8, 4) is 0 Å². The zero-order valence-corrected chi connectivity index (χ0v) is 16.1. The van der Waals surface area contributed by atoms with Gasteiger partial charge >= 0.3 is 0 Å². The summed E-state index contributed by atoms with van der Waals surface area (Å²) >= 11 is 0. The molecule has 0 aromatic heterocycles. The highest BCUT2D eigenvalue weighted by Gasteiger charge is 2.43. The molecule has 27 heavy (non-hydrogen) atoms. The molecule has 3 aliphatic rings. The number of benzene rings is 1. The normalized spacial score (nSPS) is 29.3. The fourth-order valence-electron chi connectivity index (χ4n) is 5.19. The van der Waals surface area contributed by atoms with Gasteiger partial charge in [0.1, 0.15) is 5.82 Å². The Balaban J connectivity index is 1.34. The van der Waals surface area contributed by atoms with Crippen LogP contribution in [0.2, 0.25) is 0 Å². The number of amides is 1. The van der Waals surface area contributed by atoms with Gasteiger partial charge < -0.3 is 10.0 Å². The van der Waals surface area contributed by atoms with Gasteiger partial charge in [-0.3, -0.25) is 9.69 Å². The Morgan fingerprint density at radius 2 is 1.70 bits per heavy atom. The first kappa shape index (κ1) is 18.9. The highest BCUT2D eigenvalue weighted by Crippen LogP contribution is 2.42. The van der Waals surface area contributed by atoms with E-state index in [4.69, 9.17) is 0 Å². The Bertz CT molecular complexity index is 647. The van der Waals surface area contributed by atoms with E-state index in [9.17, 15) is 14.3 Å². The molecule has 0 unspecified atom stereocenters. The summed E-state index contributed by atoms with van der Waals surface area (Å²) in [6.07, 6.45) is 7.32. The number of hydrogen-bond acceptors (Lipinski definition) is 3. The zero-order valence-electron chi connectivity index (χ0n) is 16.1. The minimum atomic E-state index is -0.182. The third-order valence-corrected chi connectivity index (χ3v) is 7.04. The number of carbonyl (C=O) groups is 1. The highest BCUT2D eigenvalue weighted by molar-refractivity contribution is 5.77. The number of hydrogen-bond donors (Lipinski definition) is 1. The zero-order chi connectivity index (χ0) is 18.9. The van der Waals surface area contributed by atoms with Crippen molar-refractivity contribution < 1.29 is 14.3 Å². The maximum absolute atomic E-state index is 13.1. The van der Waals surface area contributed by atoms with E-state index in [-0.39, 0.29) is 17.3 Å². The van der Waals surface area contributed by atoms with E-state index >= 15 is 0 Å². The lowest BCUT2D eigenvalue weighted by atomic mass is 9.71. The number of halogens is 1. The number of carbonyl (C=O) groups excluding carboxylic acids is 1. The van der Waals surface area contributed by atoms with Crippen LogP contribution >= 0.6 is 0 Å². The summed E-state index contributed by atoms with van der Waals surface area (Å²) in [6.45, 7) is 3.86. The van der Waals surface area contributed by atoms with E-state index in [2.05, 4.69) is 9.80 Å². The molecule has 5 heteroatoms. The second-order valence-electron chi connectivity index (χ2n) is 8.89. The molecular formula is C22H31FN2O2. The first-order valence-corrected chi connectivity index (χ1v) is 10.5. The predicted molar refractivity (Wildman–Crippen MR) is 103 cm³/mol. The van der Waals surface area contributed by atoms with Crippen LogP contribution in [0.4, 0.5) is 4.39 Å². The highest BCUT2D eigenvalue weighted by atomic mass is 19.1. The lowest BCUT2D eigenvalue weighted by Crippen LogP contribution is -2.55. The van der Waals surface area contributed by atoms with Crippen molar-refractivity contribution in [2.24, 2.45) is 5.41 Å². The molecule has 1 spiro atoms. The molecule has 4 nitrogen and oxygen atoms in total. The van der Waals surface area contributed by atoms with Crippen LogP contribution in [-0.4, -0.2) is 52.6 Å². The first-order valence-electron chi connectivity index (χ1n) is 10.5. The Kier molecular flexibility index (Phi) is 5.51. The molecule has 0 bridgehead atoms. The second-order valence-corrected chi connectivity index (χ2v) is 8.89. The standard InChI is InChI=1S/C22H31FN2O2/c23-18-3-1-17(2-4-18)15-24-13-11-22(12-14-24)10-9-21(27)25(16-22)19-5-7-20(26)8-6-19/h1-4,19-20,26H,5-16H2. The smallest absolute Gasteiger partial charge is 0.222 e. The van der Waals surface area contributed by atoms with E-state index in [1.165, 1.54) is 12.1 Å². The SMILES string of the molecule is O=C1CCC2(CCN(Cc3ccc(F)cc3)CC2)CN1C1CCC(O)CC1. The summed E-state index contributed by atoms with van der Waals surface area (Å²) in [5.41, 5.74) is 1.43. The summed E-state index contributed by atoms with van der Waals surface area (Å²) in [7, 11) is 0. The maximum atomic E-state index is 13.1. The molecule has 4 rings (SSSR count). The average molecular weight is 375 g/mol. The third-order valence-electron chi connectivity index (χ3n) is 7.04. The summed E-state index contributed by atoms with van der Waals surface area (Å²) < 4.78 is 13.1. The third kappa shape index (κ3) is 4.35. The fraction of sp³-hybridized carbons (Fsp3) is 0.682. The molecule has 0 radical (unpaired) electrons. The van der Waals surface area contributed by atoms with Gasteiger partial charge in [-0.05, 0) is 81.1 Å². The van der Waals surface area contributed by atoms with Crippen LogP contribution in [0.25, 0.3) is 0 Å². The van der Waals surface area contributed by atoms with Gasteiger partial charge in [0.15, 0.2) is 0 Å². The van der Waals surface area contributed by atoms with Crippen molar-refractivity contribution in [2.45, 2.75) is 70.1 Å². The molecule has 0 atom stereocenters. The number of likely N-dealkylation sites (tertiary alicyclic amines) is 2. The fourth-order valence-corrected chi connectivity index (χ4v) is 5.19. The van der Waals surface area contributed by atoms with E-state index in [1.807, 2.05) is 12.1 Å². The van der Waals surface area contributed by atoms with Crippen LogP contribution in [0.15, 0.2) is 24.3 Å². The Morgan fingerprint density at radius 1 is 1.04 bits per heavy atom. The summed E-state index contributed by atoms with van der Waals surface area (Å²) in [5, 5.41) is 9.77. The molecule has 2 saturated heterocycles. The molecule has 1 aromatic rings. The van der Waals surface area contributed by atoms with Crippen molar-refractivity contribution >= 4 is 5.91 Å². The van der Waals surface area contributed by atoms with Crippen LogP contribution < -0.4 is 0 Å². The van der Waals surface area contributed by atoms with Gasteiger partial charge in [-0.15, -0.1) is 0 Å². The number of piperidine rings is 2. The quantitative estimate of drug-likeness (QED) is 0.883. The van der Waals surface area contributed by atoms with Gasteiger partial charge in [-0.2, -0.15) is 0 Å². The maximum Gasteiger partial charge on any atom is 0.222 e. The lowest BCUT2D eigenvalue weighted by molar-refractivity contribution is -0.143. The minimum Gasteiger partial charge on any atom is -0.393 e. The monoisotopic (exact) mass is 374 g/mol. The Labute approximate surface area is 161 Å². The van der Waals surface area contributed by atoms with E-state index in [0.29, 0.717) is 18.4 Å². The molecule has 2 aliphatic heterocycles. The van der Waals surface area contributed by atoms with Gasteiger partial charge in [-0.1, -0.05) is 12.1 Å². The van der Waals surface area contributed by atoms with Crippen LogP contribution in [-0.2, 0) is 11.3 Å². The topological polar surface area (TPSA) is 43.8 Å². The van der Waals surface area contributed by atoms with Crippen LogP contribution in [0.1, 0.15) is 56.9 Å². The van der Waals surface area contributed by atoms with Crippen molar-refractivity contribution in [1.82, 2.24) is 9.80 Å². The second kappa shape index (κ2) is 7.88. The molecular weight excluding hydrogens is 343 g/mol. The molecule has 148 valence electrons. The summed E-state index contributed by atoms with van der Waals surface area (Å²) in [4.78, 5) is 17.2. The van der Waals surface area contributed by atoms with Crippen molar-refractivity contribution in [3.63, 3.8) is 0 Å². The van der Waals surface area contributed by atoms with Crippen LogP contribution in [0.5, 0.6) is 0 Å². The minimum absolute atomic E-state index is 0.176.